The highest BCUT2D eigenvalue weighted by Gasteiger charge is 2.30. The number of aliphatic hydroxyl groups is 1. The predicted octanol–water partition coefficient (Wildman–Crippen LogP) is 2.43. The maximum atomic E-state index is 10.5. The van der Waals surface area contributed by atoms with Crippen molar-refractivity contribution in [2.45, 2.75) is 25.0 Å². The Hall–Kier alpha value is -0.620. The van der Waals surface area contributed by atoms with E-state index >= 15 is 0 Å². The van der Waals surface area contributed by atoms with Crippen LogP contribution in [-0.4, -0.2) is 49.5 Å². The first-order valence-electron chi connectivity index (χ1n) is 6.83. The van der Waals surface area contributed by atoms with Crippen molar-refractivity contribution in [3.05, 3.63) is 28.2 Å². The quantitative estimate of drug-likeness (QED) is 0.891. The number of hydrogen-bond donors (Lipinski definition) is 1. The van der Waals surface area contributed by atoms with Gasteiger partial charge < -0.3 is 14.6 Å². The number of benzene rings is 1. The molecule has 1 saturated heterocycles. The number of rotatable bonds is 5. The van der Waals surface area contributed by atoms with E-state index in [2.05, 4.69) is 26.9 Å². The van der Waals surface area contributed by atoms with Gasteiger partial charge in [0.25, 0.3) is 0 Å². The molecule has 1 N–H and O–H groups in total. The highest BCUT2D eigenvalue weighted by Crippen LogP contribution is 2.27. The maximum absolute atomic E-state index is 10.5. The molecule has 1 aromatic rings. The van der Waals surface area contributed by atoms with Crippen molar-refractivity contribution in [1.29, 1.82) is 0 Å². The summed E-state index contributed by atoms with van der Waals surface area (Å²) in [6.07, 6.45) is 1.42. The fraction of sp³-hybridized carbons (Fsp3) is 0.600. The summed E-state index contributed by atoms with van der Waals surface area (Å²) >= 11 is 3.50. The van der Waals surface area contributed by atoms with Crippen LogP contribution < -0.4 is 4.74 Å². The molecule has 2 rings (SSSR count). The van der Waals surface area contributed by atoms with Crippen LogP contribution in [0, 0.1) is 0 Å². The molecule has 0 radical (unpaired) electrons. The van der Waals surface area contributed by atoms with E-state index in [-0.39, 0.29) is 0 Å². The van der Waals surface area contributed by atoms with E-state index in [1.807, 2.05) is 19.2 Å². The zero-order valence-electron chi connectivity index (χ0n) is 12.1. The lowest BCUT2D eigenvalue weighted by molar-refractivity contribution is -0.0777. The minimum atomic E-state index is -0.614. The summed E-state index contributed by atoms with van der Waals surface area (Å²) in [5.41, 5.74) is 0.576. The molecule has 0 atom stereocenters. The summed E-state index contributed by atoms with van der Waals surface area (Å²) in [7, 11) is 3.69. The first-order chi connectivity index (χ1) is 9.52. The number of methoxy groups -OCH3 is 1. The molecule has 112 valence electrons. The minimum Gasteiger partial charge on any atom is -0.496 e. The topological polar surface area (TPSA) is 41.9 Å². The molecule has 1 aliphatic heterocycles. The summed E-state index contributed by atoms with van der Waals surface area (Å²) in [6, 6.07) is 6.06. The van der Waals surface area contributed by atoms with Crippen molar-refractivity contribution in [1.82, 2.24) is 4.90 Å². The predicted molar refractivity (Wildman–Crippen MR) is 82.0 cm³/mol. The molecule has 0 aromatic heterocycles. The van der Waals surface area contributed by atoms with Gasteiger partial charge in [0.15, 0.2) is 0 Å². The van der Waals surface area contributed by atoms with Crippen molar-refractivity contribution in [3.63, 3.8) is 0 Å². The van der Waals surface area contributed by atoms with Gasteiger partial charge in [0, 0.05) is 39.1 Å². The van der Waals surface area contributed by atoms with E-state index in [0.717, 1.165) is 16.8 Å². The van der Waals surface area contributed by atoms with Crippen LogP contribution in [-0.2, 0) is 11.3 Å². The molecule has 1 aliphatic rings. The van der Waals surface area contributed by atoms with Gasteiger partial charge >= 0.3 is 0 Å². The van der Waals surface area contributed by atoms with Crippen molar-refractivity contribution < 1.29 is 14.6 Å². The minimum absolute atomic E-state index is 0.614. The number of ether oxygens (including phenoxy) is 2. The molecule has 4 nitrogen and oxygen atoms in total. The Morgan fingerprint density at radius 3 is 2.70 bits per heavy atom. The zero-order valence-corrected chi connectivity index (χ0v) is 13.6. The van der Waals surface area contributed by atoms with E-state index < -0.39 is 5.60 Å². The molecule has 5 heteroatoms. The van der Waals surface area contributed by atoms with Gasteiger partial charge in [-0.3, -0.25) is 4.90 Å². The normalized spacial score (nSPS) is 18.2. The lowest BCUT2D eigenvalue weighted by Crippen LogP contribution is -2.45. The first kappa shape index (κ1) is 15.8. The summed E-state index contributed by atoms with van der Waals surface area (Å²) in [5.74, 6) is 0.833. The molecule has 0 saturated carbocycles. The third kappa shape index (κ3) is 4.19. The molecule has 0 aliphatic carbocycles. The van der Waals surface area contributed by atoms with Crippen LogP contribution in [0.3, 0.4) is 0 Å². The van der Waals surface area contributed by atoms with Gasteiger partial charge in [-0.1, -0.05) is 6.07 Å². The standard InChI is InChI=1S/C15H22BrNO3/c1-17(11-15(18)5-7-20-8-6-15)10-12-3-4-14(19-2)13(16)9-12/h3-4,9,18H,5-8,10-11H2,1-2H3. The second kappa shape index (κ2) is 6.89. The molecule has 0 amide bonds. The highest BCUT2D eigenvalue weighted by molar-refractivity contribution is 9.10. The molecule has 1 aromatic carbocycles. The largest absolute Gasteiger partial charge is 0.496 e. The third-order valence-electron chi connectivity index (χ3n) is 3.66. The number of hydrogen-bond acceptors (Lipinski definition) is 4. The summed E-state index contributed by atoms with van der Waals surface area (Å²) < 4.78 is 11.5. The molecular formula is C15H22BrNO3. The van der Waals surface area contributed by atoms with Gasteiger partial charge in [0.05, 0.1) is 17.2 Å². The van der Waals surface area contributed by atoms with Gasteiger partial charge in [-0.2, -0.15) is 0 Å². The van der Waals surface area contributed by atoms with E-state index in [1.54, 1.807) is 7.11 Å². The van der Waals surface area contributed by atoms with Crippen molar-refractivity contribution in [2.75, 3.05) is 33.9 Å². The third-order valence-corrected chi connectivity index (χ3v) is 4.28. The average Bonchev–Trinajstić information content (AvgIpc) is 2.39. The highest BCUT2D eigenvalue weighted by atomic mass is 79.9. The van der Waals surface area contributed by atoms with E-state index in [4.69, 9.17) is 9.47 Å². The number of nitrogens with zero attached hydrogens (tertiary/aromatic N) is 1. The van der Waals surface area contributed by atoms with E-state index in [0.29, 0.717) is 32.6 Å². The SMILES string of the molecule is COc1ccc(CN(C)CC2(O)CCOCC2)cc1Br. The van der Waals surface area contributed by atoms with Crippen LogP contribution in [0.15, 0.2) is 22.7 Å². The van der Waals surface area contributed by atoms with Crippen LogP contribution in [0.1, 0.15) is 18.4 Å². The van der Waals surface area contributed by atoms with Gasteiger partial charge in [0.1, 0.15) is 5.75 Å². The average molecular weight is 344 g/mol. The van der Waals surface area contributed by atoms with Gasteiger partial charge in [-0.05, 0) is 40.7 Å². The van der Waals surface area contributed by atoms with Crippen LogP contribution in [0.2, 0.25) is 0 Å². The van der Waals surface area contributed by atoms with Crippen LogP contribution in [0.4, 0.5) is 0 Å². The molecule has 20 heavy (non-hydrogen) atoms. The second-order valence-electron chi connectivity index (χ2n) is 5.48. The Bertz CT molecular complexity index is 447. The number of likely N-dealkylation sites (N-methyl/N-ethyl adjacent to an activating group) is 1. The summed E-state index contributed by atoms with van der Waals surface area (Å²) in [6.45, 7) is 2.77. The van der Waals surface area contributed by atoms with E-state index in [1.165, 1.54) is 5.56 Å². The fourth-order valence-electron chi connectivity index (χ4n) is 2.59. The van der Waals surface area contributed by atoms with Crippen molar-refractivity contribution in [2.24, 2.45) is 0 Å². The van der Waals surface area contributed by atoms with Gasteiger partial charge in [-0.15, -0.1) is 0 Å². The lowest BCUT2D eigenvalue weighted by Gasteiger charge is -2.35. The van der Waals surface area contributed by atoms with Gasteiger partial charge in [-0.25, -0.2) is 0 Å². The van der Waals surface area contributed by atoms with Crippen molar-refractivity contribution >= 4 is 15.9 Å². The van der Waals surface area contributed by atoms with Crippen LogP contribution >= 0.6 is 15.9 Å². The maximum Gasteiger partial charge on any atom is 0.133 e. The molecule has 0 unspecified atom stereocenters. The first-order valence-corrected chi connectivity index (χ1v) is 7.63. The van der Waals surface area contributed by atoms with E-state index in [9.17, 15) is 5.11 Å². The fourth-order valence-corrected chi connectivity index (χ4v) is 3.18. The summed E-state index contributed by atoms with van der Waals surface area (Å²) in [5, 5.41) is 10.5. The van der Waals surface area contributed by atoms with Crippen LogP contribution in [0.25, 0.3) is 0 Å². The smallest absolute Gasteiger partial charge is 0.133 e. The lowest BCUT2D eigenvalue weighted by atomic mass is 9.94. The Labute approximate surface area is 128 Å². The molecule has 1 heterocycles. The zero-order chi connectivity index (χ0) is 14.6. The Morgan fingerprint density at radius 2 is 2.10 bits per heavy atom. The number of halogens is 1. The molecular weight excluding hydrogens is 322 g/mol. The Balaban J connectivity index is 1.93. The second-order valence-corrected chi connectivity index (χ2v) is 6.33. The van der Waals surface area contributed by atoms with Crippen LogP contribution in [0.5, 0.6) is 5.75 Å². The monoisotopic (exact) mass is 343 g/mol. The Morgan fingerprint density at radius 1 is 1.40 bits per heavy atom. The molecule has 0 spiro atoms. The van der Waals surface area contributed by atoms with Gasteiger partial charge in [0.2, 0.25) is 0 Å². The summed E-state index contributed by atoms with van der Waals surface area (Å²) in [4.78, 5) is 2.15. The Kier molecular flexibility index (Phi) is 5.43. The van der Waals surface area contributed by atoms with Crippen molar-refractivity contribution in [3.8, 4) is 5.75 Å². The molecule has 0 bridgehead atoms. The molecule has 1 fully saturated rings.